The van der Waals surface area contributed by atoms with Gasteiger partial charge in [0.15, 0.2) is 0 Å². The molecule has 0 heterocycles. The Morgan fingerprint density at radius 2 is 2.29 bits per heavy atom. The van der Waals surface area contributed by atoms with Gasteiger partial charge in [0.05, 0.1) is 6.61 Å². The van der Waals surface area contributed by atoms with Crippen LogP contribution in [0.3, 0.4) is 0 Å². The van der Waals surface area contributed by atoms with Crippen LogP contribution < -0.4 is 4.74 Å². The first-order chi connectivity index (χ1) is 6.75. The highest BCUT2D eigenvalue weighted by atomic mass is 79.9. The molecule has 0 spiro atoms. The van der Waals surface area contributed by atoms with Crippen LogP contribution in [0.15, 0.2) is 28.7 Å². The van der Waals surface area contributed by atoms with Gasteiger partial charge in [0.25, 0.3) is 0 Å². The summed E-state index contributed by atoms with van der Waals surface area (Å²) in [4.78, 5) is 0. The maximum absolute atomic E-state index is 5.73. The Balaban J connectivity index is 1.85. The van der Waals surface area contributed by atoms with E-state index >= 15 is 0 Å². The lowest BCUT2D eigenvalue weighted by molar-refractivity contribution is 0.116. The molecule has 0 bridgehead atoms. The zero-order valence-corrected chi connectivity index (χ0v) is 9.96. The van der Waals surface area contributed by atoms with Crippen molar-refractivity contribution in [3.8, 4) is 5.75 Å². The average molecular weight is 255 g/mol. The largest absolute Gasteiger partial charge is 0.493 e. The van der Waals surface area contributed by atoms with Crippen LogP contribution in [-0.2, 0) is 0 Å². The summed E-state index contributed by atoms with van der Waals surface area (Å²) < 4.78 is 6.81. The Morgan fingerprint density at radius 1 is 1.43 bits per heavy atom. The molecule has 0 aliphatic heterocycles. The van der Waals surface area contributed by atoms with E-state index in [1.165, 1.54) is 12.8 Å². The molecule has 1 fully saturated rings. The molecule has 0 N–H and O–H groups in total. The fraction of sp³-hybridized carbons (Fsp3) is 0.500. The fourth-order valence-corrected chi connectivity index (χ4v) is 2.12. The number of halogens is 1. The van der Waals surface area contributed by atoms with Crippen LogP contribution >= 0.6 is 15.9 Å². The first kappa shape index (κ1) is 10.0. The van der Waals surface area contributed by atoms with Crippen molar-refractivity contribution in [3.05, 3.63) is 28.7 Å². The molecule has 1 aliphatic rings. The highest BCUT2D eigenvalue weighted by Gasteiger charge is 2.26. The van der Waals surface area contributed by atoms with Crippen molar-refractivity contribution in [1.82, 2.24) is 0 Å². The zero-order valence-electron chi connectivity index (χ0n) is 8.37. The first-order valence-corrected chi connectivity index (χ1v) is 5.93. The standard InChI is InChI=1S/C12H15BrO/c1-9-5-6-10(9)8-14-12-4-2-3-11(13)7-12/h2-4,7,9-10H,5-6,8H2,1H3/t9-,10-/m0/s1. The molecule has 2 rings (SSSR count). The van der Waals surface area contributed by atoms with Gasteiger partial charge in [-0.2, -0.15) is 0 Å². The van der Waals surface area contributed by atoms with Gasteiger partial charge in [-0.05, 0) is 42.9 Å². The summed E-state index contributed by atoms with van der Waals surface area (Å²) in [5.74, 6) is 2.59. The maximum Gasteiger partial charge on any atom is 0.120 e. The maximum atomic E-state index is 5.73. The van der Waals surface area contributed by atoms with Crippen molar-refractivity contribution < 1.29 is 4.74 Å². The lowest BCUT2D eigenvalue weighted by Gasteiger charge is -2.33. The van der Waals surface area contributed by atoms with E-state index in [-0.39, 0.29) is 0 Å². The minimum atomic E-state index is 0.772. The molecule has 1 aromatic carbocycles. The second-order valence-electron chi connectivity index (χ2n) is 4.08. The molecule has 14 heavy (non-hydrogen) atoms. The quantitative estimate of drug-likeness (QED) is 0.796. The van der Waals surface area contributed by atoms with Crippen LogP contribution in [0.1, 0.15) is 19.8 Å². The Morgan fingerprint density at radius 3 is 2.86 bits per heavy atom. The molecule has 1 saturated carbocycles. The second kappa shape index (κ2) is 4.35. The van der Waals surface area contributed by atoms with Crippen molar-refractivity contribution in [3.63, 3.8) is 0 Å². The topological polar surface area (TPSA) is 9.23 Å². The summed E-state index contributed by atoms with van der Waals surface area (Å²) in [7, 11) is 0. The predicted molar refractivity (Wildman–Crippen MR) is 61.5 cm³/mol. The van der Waals surface area contributed by atoms with E-state index in [0.717, 1.165) is 28.7 Å². The Bertz CT molecular complexity index is 311. The van der Waals surface area contributed by atoms with Crippen LogP contribution in [-0.4, -0.2) is 6.61 Å². The van der Waals surface area contributed by atoms with Gasteiger partial charge in [-0.3, -0.25) is 0 Å². The van der Waals surface area contributed by atoms with E-state index in [2.05, 4.69) is 22.9 Å². The lowest BCUT2D eigenvalue weighted by atomic mass is 9.75. The molecule has 1 nitrogen and oxygen atoms in total. The van der Waals surface area contributed by atoms with Crippen LogP contribution in [0.5, 0.6) is 5.75 Å². The third-order valence-corrected chi connectivity index (χ3v) is 3.55. The van der Waals surface area contributed by atoms with Crippen LogP contribution in [0, 0.1) is 11.8 Å². The predicted octanol–water partition coefficient (Wildman–Crippen LogP) is 3.87. The van der Waals surface area contributed by atoms with E-state index in [1.807, 2.05) is 24.3 Å². The van der Waals surface area contributed by atoms with E-state index in [4.69, 9.17) is 4.74 Å². The van der Waals surface area contributed by atoms with Gasteiger partial charge in [0.2, 0.25) is 0 Å². The van der Waals surface area contributed by atoms with Crippen molar-refractivity contribution in [2.45, 2.75) is 19.8 Å². The number of rotatable bonds is 3. The van der Waals surface area contributed by atoms with Gasteiger partial charge >= 0.3 is 0 Å². The summed E-state index contributed by atoms with van der Waals surface area (Å²) in [6.45, 7) is 3.18. The molecule has 2 atom stereocenters. The van der Waals surface area contributed by atoms with Gasteiger partial charge in [0, 0.05) is 4.47 Å². The lowest BCUT2D eigenvalue weighted by Crippen LogP contribution is -2.28. The first-order valence-electron chi connectivity index (χ1n) is 5.14. The van der Waals surface area contributed by atoms with E-state index in [0.29, 0.717) is 0 Å². The highest BCUT2D eigenvalue weighted by Crippen LogP contribution is 2.34. The SMILES string of the molecule is C[C@H]1CC[C@H]1COc1cccc(Br)c1. The summed E-state index contributed by atoms with van der Waals surface area (Å²) in [6, 6.07) is 8.04. The van der Waals surface area contributed by atoms with E-state index in [1.54, 1.807) is 0 Å². The Kier molecular flexibility index (Phi) is 3.12. The molecule has 1 aromatic rings. The molecule has 0 saturated heterocycles. The van der Waals surface area contributed by atoms with Crippen molar-refractivity contribution in [1.29, 1.82) is 0 Å². The van der Waals surface area contributed by atoms with Crippen LogP contribution in [0.25, 0.3) is 0 Å². The van der Waals surface area contributed by atoms with Crippen LogP contribution in [0.2, 0.25) is 0 Å². The number of benzene rings is 1. The second-order valence-corrected chi connectivity index (χ2v) is 5.00. The summed E-state index contributed by atoms with van der Waals surface area (Å²) in [6.07, 6.45) is 2.70. The van der Waals surface area contributed by atoms with Crippen LogP contribution in [0.4, 0.5) is 0 Å². The molecule has 0 amide bonds. The molecule has 0 unspecified atom stereocenters. The number of hydrogen-bond acceptors (Lipinski definition) is 1. The van der Waals surface area contributed by atoms with Crippen molar-refractivity contribution in [2.75, 3.05) is 6.61 Å². The molecule has 0 aromatic heterocycles. The number of ether oxygens (including phenoxy) is 1. The summed E-state index contributed by atoms with van der Waals surface area (Å²) in [5, 5.41) is 0. The minimum absolute atomic E-state index is 0.772. The normalized spacial score (nSPS) is 25.6. The number of hydrogen-bond donors (Lipinski definition) is 0. The van der Waals surface area contributed by atoms with Crippen molar-refractivity contribution in [2.24, 2.45) is 11.8 Å². The summed E-state index contributed by atoms with van der Waals surface area (Å²) in [5.41, 5.74) is 0. The Labute approximate surface area is 93.6 Å². The zero-order chi connectivity index (χ0) is 9.97. The van der Waals surface area contributed by atoms with E-state index < -0.39 is 0 Å². The van der Waals surface area contributed by atoms with Gasteiger partial charge < -0.3 is 4.74 Å². The summed E-state index contributed by atoms with van der Waals surface area (Å²) >= 11 is 3.43. The molecular formula is C12H15BrO. The van der Waals surface area contributed by atoms with Crippen molar-refractivity contribution >= 4 is 15.9 Å². The highest BCUT2D eigenvalue weighted by molar-refractivity contribution is 9.10. The third kappa shape index (κ3) is 2.30. The third-order valence-electron chi connectivity index (χ3n) is 3.06. The van der Waals surface area contributed by atoms with Gasteiger partial charge in [-0.1, -0.05) is 28.9 Å². The molecular weight excluding hydrogens is 240 g/mol. The monoisotopic (exact) mass is 254 g/mol. The molecule has 2 heteroatoms. The fourth-order valence-electron chi connectivity index (χ4n) is 1.74. The van der Waals surface area contributed by atoms with Gasteiger partial charge in [0.1, 0.15) is 5.75 Å². The van der Waals surface area contributed by atoms with Gasteiger partial charge in [-0.25, -0.2) is 0 Å². The van der Waals surface area contributed by atoms with E-state index in [9.17, 15) is 0 Å². The minimum Gasteiger partial charge on any atom is -0.493 e. The molecule has 1 aliphatic carbocycles. The Hall–Kier alpha value is -0.500. The smallest absolute Gasteiger partial charge is 0.120 e. The van der Waals surface area contributed by atoms with Gasteiger partial charge in [-0.15, -0.1) is 0 Å². The molecule has 76 valence electrons. The molecule has 0 radical (unpaired) electrons. The average Bonchev–Trinajstić information content (AvgIpc) is 2.16.